The molecule has 0 radical (unpaired) electrons. The van der Waals surface area contributed by atoms with E-state index < -0.39 is 64.9 Å². The van der Waals surface area contributed by atoms with Gasteiger partial charge < -0.3 is 25.2 Å². The van der Waals surface area contributed by atoms with Gasteiger partial charge in [-0.2, -0.15) is 26.3 Å². The summed E-state index contributed by atoms with van der Waals surface area (Å²) in [6.07, 6.45) is -9.75. The van der Waals surface area contributed by atoms with E-state index in [1.54, 1.807) is 12.1 Å². The van der Waals surface area contributed by atoms with Crippen molar-refractivity contribution in [2.45, 2.75) is 75.5 Å². The van der Waals surface area contributed by atoms with E-state index in [2.05, 4.69) is 15.0 Å². The second kappa shape index (κ2) is 14.6. The Balaban J connectivity index is 1.19. The smallest absolute Gasteiger partial charge is 0.418 e. The third kappa shape index (κ3) is 8.18. The molecule has 0 aliphatic carbocycles. The lowest BCUT2D eigenvalue weighted by molar-refractivity contribution is -0.142. The highest BCUT2D eigenvalue weighted by Gasteiger charge is 2.42. The van der Waals surface area contributed by atoms with Gasteiger partial charge in [-0.3, -0.25) is 9.78 Å². The van der Waals surface area contributed by atoms with E-state index in [9.17, 15) is 40.7 Å². The zero-order valence-corrected chi connectivity index (χ0v) is 27.7. The molecule has 11 nitrogen and oxygen atoms in total. The molecular weight excluding hydrogens is 684 g/mol. The normalized spacial score (nSPS) is 19.0. The van der Waals surface area contributed by atoms with Crippen LogP contribution in [0.5, 0.6) is 0 Å². The summed E-state index contributed by atoms with van der Waals surface area (Å²) in [6, 6.07) is 9.88. The highest BCUT2D eigenvalue weighted by atomic mass is 19.4. The van der Waals surface area contributed by atoms with Gasteiger partial charge in [0.1, 0.15) is 0 Å². The van der Waals surface area contributed by atoms with Crippen LogP contribution < -0.4 is 11.4 Å². The fraction of sp³-hybridized carbons (Fsp3) is 0.529. The maximum absolute atomic E-state index is 13.9. The van der Waals surface area contributed by atoms with E-state index in [0.717, 1.165) is 31.5 Å². The lowest BCUT2D eigenvalue weighted by atomic mass is 9.97. The quantitative estimate of drug-likeness (QED) is 0.249. The molecule has 1 atom stereocenters. The summed E-state index contributed by atoms with van der Waals surface area (Å²) in [6.45, 7) is 2.71. The summed E-state index contributed by atoms with van der Waals surface area (Å²) in [7, 11) is 0. The molecule has 276 valence electrons. The number of hydrogen-bond acceptors (Lipinski definition) is 7. The maximum atomic E-state index is 13.9. The number of alkyl halides is 6. The molecule has 2 aromatic carbocycles. The van der Waals surface area contributed by atoms with Crippen LogP contribution in [0.25, 0.3) is 11.4 Å². The van der Waals surface area contributed by atoms with E-state index in [0.29, 0.717) is 56.7 Å². The molecule has 1 aromatic heterocycles. The Hall–Kier alpha value is -4.54. The lowest BCUT2D eigenvalue weighted by Crippen LogP contribution is -2.51. The first-order valence-corrected chi connectivity index (χ1v) is 17.0. The number of nitrogens with two attached hydrogens (primary N) is 1. The minimum absolute atomic E-state index is 0.101. The fourth-order valence-electron chi connectivity index (χ4n) is 7.25. The van der Waals surface area contributed by atoms with Crippen molar-refractivity contribution in [3.05, 3.63) is 69.6 Å². The predicted octanol–water partition coefficient (Wildman–Crippen LogP) is 5.33. The van der Waals surface area contributed by atoms with Gasteiger partial charge in [0, 0.05) is 44.2 Å². The Morgan fingerprint density at radius 1 is 0.843 bits per heavy atom. The molecule has 4 heterocycles. The van der Waals surface area contributed by atoms with Crippen LogP contribution in [0.15, 0.2) is 47.3 Å². The van der Waals surface area contributed by atoms with Gasteiger partial charge >= 0.3 is 24.1 Å². The topological polar surface area (TPSA) is 130 Å². The number of hydrogen-bond donors (Lipinski definition) is 2. The van der Waals surface area contributed by atoms with E-state index >= 15 is 0 Å². The Morgan fingerprint density at radius 3 is 1.96 bits per heavy atom. The number of aromatic nitrogens is 3. The SMILES string of the molecule is Nc1c(C(F)(F)F)cc(C[C@@H](OC(=O)N2CCC(n3nc(-c4ccccc4)[nH]c3=O)CC2)C(=O)N2CCC(N3CCCC3)CC2)cc1C(F)(F)F. The summed E-state index contributed by atoms with van der Waals surface area (Å²) in [4.78, 5) is 47.9. The van der Waals surface area contributed by atoms with E-state index in [1.807, 2.05) is 18.2 Å². The maximum Gasteiger partial charge on any atom is 0.418 e. The predicted molar refractivity (Wildman–Crippen MR) is 173 cm³/mol. The van der Waals surface area contributed by atoms with Crippen molar-refractivity contribution in [3.8, 4) is 11.4 Å². The second-order valence-electron chi connectivity index (χ2n) is 13.3. The average Bonchev–Trinajstić information content (AvgIpc) is 3.78. The van der Waals surface area contributed by atoms with E-state index in [4.69, 9.17) is 10.5 Å². The van der Waals surface area contributed by atoms with Crippen LogP contribution in [0.3, 0.4) is 0 Å². The summed E-state index contributed by atoms with van der Waals surface area (Å²) in [5, 5.41) is 4.42. The number of nitrogens with zero attached hydrogens (tertiary/aromatic N) is 5. The van der Waals surface area contributed by atoms with Crippen molar-refractivity contribution in [2.24, 2.45) is 0 Å². The van der Waals surface area contributed by atoms with Crippen LogP contribution >= 0.6 is 0 Å². The first-order chi connectivity index (χ1) is 24.2. The minimum Gasteiger partial charge on any atom is -0.436 e. The van der Waals surface area contributed by atoms with Gasteiger partial charge in [-0.15, -0.1) is 5.10 Å². The molecule has 17 heteroatoms. The molecule has 3 aliphatic rings. The van der Waals surface area contributed by atoms with E-state index in [1.165, 1.54) is 14.5 Å². The van der Waals surface area contributed by atoms with Crippen LogP contribution in [0, 0.1) is 0 Å². The number of benzene rings is 2. The lowest BCUT2D eigenvalue weighted by Gasteiger charge is -2.38. The molecule has 6 rings (SSSR count). The van der Waals surface area contributed by atoms with Gasteiger partial charge in [0.15, 0.2) is 11.9 Å². The van der Waals surface area contributed by atoms with Crippen LogP contribution in [-0.2, 0) is 28.3 Å². The number of carbonyl (C=O) groups excluding carboxylic acids is 2. The van der Waals surface area contributed by atoms with Gasteiger partial charge in [-0.25, -0.2) is 14.3 Å². The Morgan fingerprint density at radius 2 is 1.39 bits per heavy atom. The van der Waals surface area contributed by atoms with Gasteiger partial charge in [0.05, 0.1) is 22.9 Å². The number of likely N-dealkylation sites (tertiary alicyclic amines) is 3. The average molecular weight is 724 g/mol. The van der Waals surface area contributed by atoms with Gasteiger partial charge in [0.25, 0.3) is 5.91 Å². The first-order valence-electron chi connectivity index (χ1n) is 17.0. The molecule has 3 N–H and O–H groups in total. The number of carbonyl (C=O) groups is 2. The number of ether oxygens (including phenoxy) is 1. The number of halogens is 6. The molecule has 0 bridgehead atoms. The number of amides is 2. The van der Waals surface area contributed by atoms with Crippen molar-refractivity contribution in [1.82, 2.24) is 29.5 Å². The van der Waals surface area contributed by atoms with Gasteiger partial charge in [-0.1, -0.05) is 30.3 Å². The molecule has 2 amide bonds. The minimum atomic E-state index is -5.21. The highest BCUT2D eigenvalue weighted by molar-refractivity contribution is 5.84. The van der Waals surface area contributed by atoms with Crippen molar-refractivity contribution in [3.63, 3.8) is 0 Å². The summed E-state index contributed by atoms with van der Waals surface area (Å²) >= 11 is 0. The van der Waals surface area contributed by atoms with Crippen LogP contribution in [-0.4, -0.2) is 92.9 Å². The highest BCUT2D eigenvalue weighted by Crippen LogP contribution is 2.42. The monoisotopic (exact) mass is 723 g/mol. The summed E-state index contributed by atoms with van der Waals surface area (Å²) in [5.41, 5.74) is 0.260. The van der Waals surface area contributed by atoms with Crippen LogP contribution in [0.2, 0.25) is 0 Å². The van der Waals surface area contributed by atoms with Crippen LogP contribution in [0.4, 0.5) is 36.8 Å². The number of nitrogen functional groups attached to an aromatic ring is 1. The van der Waals surface area contributed by atoms with Crippen molar-refractivity contribution >= 4 is 17.7 Å². The van der Waals surface area contributed by atoms with Crippen molar-refractivity contribution in [2.75, 3.05) is 45.0 Å². The third-order valence-electron chi connectivity index (χ3n) is 9.98. The second-order valence-corrected chi connectivity index (χ2v) is 13.3. The van der Waals surface area contributed by atoms with Gasteiger partial charge in [0.2, 0.25) is 0 Å². The molecule has 0 saturated carbocycles. The van der Waals surface area contributed by atoms with Crippen molar-refractivity contribution < 1.29 is 40.7 Å². The molecule has 3 fully saturated rings. The zero-order chi connectivity index (χ0) is 36.5. The first kappa shape index (κ1) is 36.3. The fourth-order valence-corrected chi connectivity index (χ4v) is 7.25. The number of aromatic amines is 1. The largest absolute Gasteiger partial charge is 0.436 e. The van der Waals surface area contributed by atoms with Gasteiger partial charge in [-0.05, 0) is 69.3 Å². The Bertz CT molecular complexity index is 1720. The zero-order valence-electron chi connectivity index (χ0n) is 27.7. The molecule has 3 saturated heterocycles. The van der Waals surface area contributed by atoms with Crippen molar-refractivity contribution in [1.29, 1.82) is 0 Å². The standard InChI is InChI=1S/C34H39F6N7O4/c35-33(36,37)25-18-21(19-26(28(25)41)34(38,39)40)20-27(30(48)45-14-8-23(9-15-45)44-12-4-5-13-44)51-32(50)46-16-10-24(11-17-46)47-31(49)42-29(43-47)22-6-2-1-3-7-22/h1-3,6-7,18-19,23-24,27H,4-5,8-17,20,41H2,(H,42,43,49)/t27-/m1/s1. The van der Waals surface area contributed by atoms with Crippen LogP contribution in [0.1, 0.15) is 61.3 Å². The number of anilines is 1. The number of piperidine rings is 2. The Kier molecular flexibility index (Phi) is 10.4. The number of rotatable bonds is 7. The molecule has 0 unspecified atom stereocenters. The van der Waals surface area contributed by atoms with E-state index in [-0.39, 0.29) is 25.2 Å². The number of nitrogens with one attached hydrogen (secondary N) is 1. The molecule has 0 spiro atoms. The molecular formula is C34H39F6N7O4. The molecule has 3 aliphatic heterocycles. The summed E-state index contributed by atoms with van der Waals surface area (Å²) < 4.78 is 89.9. The molecule has 51 heavy (non-hydrogen) atoms. The number of H-pyrrole nitrogens is 1. The Labute approximate surface area is 289 Å². The molecule has 3 aromatic rings. The third-order valence-corrected chi connectivity index (χ3v) is 9.98. The summed E-state index contributed by atoms with van der Waals surface area (Å²) in [5.74, 6) is -0.313.